The minimum absolute atomic E-state index is 0.123. The van der Waals surface area contributed by atoms with Gasteiger partial charge in [0.05, 0.1) is 12.6 Å². The fourth-order valence-corrected chi connectivity index (χ4v) is 2.53. The Kier molecular flexibility index (Phi) is 6.12. The number of rotatable bonds is 7. The van der Waals surface area contributed by atoms with Crippen LogP contribution in [0, 0.1) is 5.82 Å². The largest absolute Gasteiger partial charge is 0.387 e. The smallest absolute Gasteiger partial charge is 0.317 e. The molecule has 0 aromatic heterocycles. The number of nitrogens with zero attached hydrogens (tertiary/aromatic N) is 1. The molecule has 128 valence electrons. The number of halogens is 1. The summed E-state index contributed by atoms with van der Waals surface area (Å²) < 4.78 is 24.3. The van der Waals surface area contributed by atoms with Crippen molar-refractivity contribution < 1.29 is 18.5 Å². The SMILES string of the molecule is CC(CNC(=O)N(CC(O)c1ccc(F)cc1)C1CC1)S(C)=O. The van der Waals surface area contributed by atoms with Crippen LogP contribution in [0.15, 0.2) is 24.3 Å². The van der Waals surface area contributed by atoms with E-state index in [2.05, 4.69) is 5.32 Å². The van der Waals surface area contributed by atoms with Crippen molar-refractivity contribution in [3.8, 4) is 0 Å². The lowest BCUT2D eigenvalue weighted by molar-refractivity contribution is 0.118. The molecular formula is C16H23FN2O3S. The van der Waals surface area contributed by atoms with Crippen LogP contribution in [0.2, 0.25) is 0 Å². The molecular weight excluding hydrogens is 319 g/mol. The average molecular weight is 342 g/mol. The second kappa shape index (κ2) is 7.88. The van der Waals surface area contributed by atoms with E-state index in [1.807, 2.05) is 6.92 Å². The normalized spacial score (nSPS) is 18.1. The number of carbonyl (C=O) groups excluding carboxylic acids is 1. The molecule has 0 spiro atoms. The van der Waals surface area contributed by atoms with Gasteiger partial charge in [-0.25, -0.2) is 9.18 Å². The van der Waals surface area contributed by atoms with E-state index in [0.29, 0.717) is 12.1 Å². The van der Waals surface area contributed by atoms with E-state index in [1.54, 1.807) is 11.2 Å². The quantitative estimate of drug-likeness (QED) is 0.794. The van der Waals surface area contributed by atoms with Gasteiger partial charge < -0.3 is 15.3 Å². The highest BCUT2D eigenvalue weighted by Crippen LogP contribution is 2.29. The maximum atomic E-state index is 12.9. The van der Waals surface area contributed by atoms with E-state index in [1.165, 1.54) is 24.3 Å². The summed E-state index contributed by atoms with van der Waals surface area (Å²) in [4.78, 5) is 13.9. The van der Waals surface area contributed by atoms with Gasteiger partial charge in [0.15, 0.2) is 0 Å². The number of hydrogen-bond donors (Lipinski definition) is 2. The lowest BCUT2D eigenvalue weighted by atomic mass is 10.1. The fourth-order valence-electron chi connectivity index (χ4n) is 2.21. The van der Waals surface area contributed by atoms with Crippen molar-refractivity contribution in [2.75, 3.05) is 19.3 Å². The molecule has 2 amide bonds. The second-order valence-electron chi connectivity index (χ2n) is 5.95. The first-order valence-electron chi connectivity index (χ1n) is 7.68. The molecule has 1 fully saturated rings. The van der Waals surface area contributed by atoms with Crippen LogP contribution >= 0.6 is 0 Å². The zero-order chi connectivity index (χ0) is 17.0. The molecule has 3 atom stereocenters. The highest BCUT2D eigenvalue weighted by molar-refractivity contribution is 7.84. The van der Waals surface area contributed by atoms with Crippen LogP contribution in [0.5, 0.6) is 0 Å². The van der Waals surface area contributed by atoms with Crippen molar-refractivity contribution in [2.45, 2.75) is 37.2 Å². The topological polar surface area (TPSA) is 69.6 Å². The third-order valence-corrected chi connectivity index (χ3v) is 5.28. The summed E-state index contributed by atoms with van der Waals surface area (Å²) in [6, 6.07) is 5.49. The van der Waals surface area contributed by atoms with Crippen molar-refractivity contribution >= 4 is 16.8 Å². The van der Waals surface area contributed by atoms with Crippen LogP contribution in [-0.2, 0) is 10.8 Å². The molecule has 1 saturated carbocycles. The van der Waals surface area contributed by atoms with Crippen LogP contribution in [-0.4, -0.2) is 50.9 Å². The van der Waals surface area contributed by atoms with Gasteiger partial charge in [-0.1, -0.05) is 12.1 Å². The number of hydrogen-bond acceptors (Lipinski definition) is 3. The molecule has 2 rings (SSSR count). The minimum Gasteiger partial charge on any atom is -0.387 e. The zero-order valence-electron chi connectivity index (χ0n) is 13.4. The fraction of sp³-hybridized carbons (Fsp3) is 0.562. The van der Waals surface area contributed by atoms with Crippen LogP contribution in [0.25, 0.3) is 0 Å². The molecule has 1 aromatic rings. The Morgan fingerprint density at radius 3 is 2.57 bits per heavy atom. The molecule has 7 heteroatoms. The summed E-state index contributed by atoms with van der Waals surface area (Å²) in [5.74, 6) is -0.362. The summed E-state index contributed by atoms with van der Waals surface area (Å²) in [5, 5.41) is 12.9. The van der Waals surface area contributed by atoms with E-state index in [-0.39, 0.29) is 29.7 Å². The van der Waals surface area contributed by atoms with Gasteiger partial charge in [0.2, 0.25) is 0 Å². The van der Waals surface area contributed by atoms with E-state index in [9.17, 15) is 18.5 Å². The Morgan fingerprint density at radius 2 is 2.04 bits per heavy atom. The summed E-state index contributed by atoms with van der Waals surface area (Å²) in [6.07, 6.45) is 2.57. The summed E-state index contributed by atoms with van der Waals surface area (Å²) >= 11 is 0. The lowest BCUT2D eigenvalue weighted by Crippen LogP contribution is -2.45. The van der Waals surface area contributed by atoms with Crippen molar-refractivity contribution in [2.24, 2.45) is 0 Å². The molecule has 0 aliphatic heterocycles. The third kappa shape index (κ3) is 5.28. The molecule has 0 heterocycles. The lowest BCUT2D eigenvalue weighted by Gasteiger charge is -2.26. The molecule has 0 radical (unpaired) electrons. The molecule has 23 heavy (non-hydrogen) atoms. The van der Waals surface area contributed by atoms with Crippen molar-refractivity contribution in [3.05, 3.63) is 35.6 Å². The Balaban J connectivity index is 1.94. The number of aliphatic hydroxyl groups excluding tert-OH is 1. The molecule has 2 N–H and O–H groups in total. The number of aliphatic hydroxyl groups is 1. The summed E-state index contributed by atoms with van der Waals surface area (Å²) in [5.41, 5.74) is 0.577. The van der Waals surface area contributed by atoms with E-state index in [4.69, 9.17) is 0 Å². The Labute approximate surface area is 138 Å². The van der Waals surface area contributed by atoms with Crippen molar-refractivity contribution in [1.82, 2.24) is 10.2 Å². The van der Waals surface area contributed by atoms with Crippen molar-refractivity contribution in [1.29, 1.82) is 0 Å². The molecule has 1 aliphatic carbocycles. The zero-order valence-corrected chi connectivity index (χ0v) is 14.2. The highest BCUT2D eigenvalue weighted by Gasteiger charge is 2.34. The maximum Gasteiger partial charge on any atom is 0.317 e. The summed E-state index contributed by atoms with van der Waals surface area (Å²) in [7, 11) is -0.996. The first-order chi connectivity index (χ1) is 10.9. The first-order valence-corrected chi connectivity index (χ1v) is 9.31. The average Bonchev–Trinajstić information content (AvgIpc) is 3.34. The number of carbonyl (C=O) groups is 1. The van der Waals surface area contributed by atoms with Gasteiger partial charge >= 0.3 is 6.03 Å². The first kappa shape index (κ1) is 17.9. The Hall–Kier alpha value is -1.47. The molecule has 5 nitrogen and oxygen atoms in total. The summed E-state index contributed by atoms with van der Waals surface area (Å²) in [6.45, 7) is 2.30. The molecule has 0 bridgehead atoms. The third-order valence-electron chi connectivity index (χ3n) is 3.98. The van der Waals surface area contributed by atoms with E-state index >= 15 is 0 Å². The number of nitrogens with one attached hydrogen (secondary N) is 1. The molecule has 1 aromatic carbocycles. The Bertz CT molecular complexity index is 563. The predicted molar refractivity (Wildman–Crippen MR) is 88.0 cm³/mol. The maximum absolute atomic E-state index is 12.9. The second-order valence-corrected chi connectivity index (χ2v) is 7.75. The van der Waals surface area contributed by atoms with Crippen molar-refractivity contribution in [3.63, 3.8) is 0 Å². The van der Waals surface area contributed by atoms with Crippen LogP contribution in [0.3, 0.4) is 0 Å². The molecule has 0 saturated heterocycles. The van der Waals surface area contributed by atoms with Gasteiger partial charge in [-0.2, -0.15) is 0 Å². The van der Waals surface area contributed by atoms with Gasteiger partial charge in [-0.3, -0.25) is 4.21 Å². The highest BCUT2D eigenvalue weighted by atomic mass is 32.2. The van der Waals surface area contributed by atoms with Gasteiger partial charge in [0.1, 0.15) is 5.82 Å². The van der Waals surface area contributed by atoms with Gasteiger partial charge in [-0.15, -0.1) is 0 Å². The molecule has 1 aliphatic rings. The van der Waals surface area contributed by atoms with Crippen LogP contribution < -0.4 is 5.32 Å². The predicted octanol–water partition coefficient (Wildman–Crippen LogP) is 1.80. The minimum atomic E-state index is -0.996. The van der Waals surface area contributed by atoms with Crippen LogP contribution in [0.4, 0.5) is 9.18 Å². The molecule has 3 unspecified atom stereocenters. The number of amides is 2. The number of urea groups is 1. The standard InChI is InChI=1S/C16H23FN2O3S/c1-11(23(2)22)9-18-16(21)19(14-7-8-14)10-15(20)12-3-5-13(17)6-4-12/h3-6,11,14-15,20H,7-10H2,1-2H3,(H,18,21). The van der Waals surface area contributed by atoms with Gasteiger partial charge in [0.25, 0.3) is 0 Å². The Morgan fingerprint density at radius 1 is 1.43 bits per heavy atom. The monoisotopic (exact) mass is 342 g/mol. The van der Waals surface area contributed by atoms with Gasteiger partial charge in [-0.05, 0) is 37.5 Å². The van der Waals surface area contributed by atoms with E-state index in [0.717, 1.165) is 12.8 Å². The number of benzene rings is 1. The van der Waals surface area contributed by atoms with Crippen LogP contribution in [0.1, 0.15) is 31.4 Å². The van der Waals surface area contributed by atoms with E-state index < -0.39 is 16.9 Å². The van der Waals surface area contributed by atoms with Gasteiger partial charge in [0, 0.05) is 34.9 Å².